The van der Waals surface area contributed by atoms with Gasteiger partial charge in [-0.2, -0.15) is 0 Å². The van der Waals surface area contributed by atoms with Crippen LogP contribution in [-0.4, -0.2) is 37.2 Å². The van der Waals surface area contributed by atoms with Crippen molar-refractivity contribution in [3.8, 4) is 0 Å². The first kappa shape index (κ1) is 74.5. The van der Waals surface area contributed by atoms with Crippen LogP contribution in [0.4, 0.5) is 0 Å². The SMILES string of the molecule is CC/C=C\C/C=C\C/C=C\C/C=C\C/C=C\C/C=C\CCCCCCCCCCCCCCCCC(=O)OCC(COC(=O)CCCCCCCCCCC)OC(=O)CCCCC/C=C\C/C=C\C/C=C\C/C=C\C/C=C\CC. The van der Waals surface area contributed by atoms with Gasteiger partial charge in [-0.25, -0.2) is 0 Å². The molecule has 0 aromatic carbocycles. The average molecular weight is 1090 g/mol. The average Bonchev–Trinajstić information content (AvgIpc) is 3.45. The van der Waals surface area contributed by atoms with Gasteiger partial charge in [0.25, 0.3) is 0 Å². The molecule has 6 nitrogen and oxygen atoms in total. The van der Waals surface area contributed by atoms with Gasteiger partial charge in [0.2, 0.25) is 0 Å². The molecule has 0 aliphatic carbocycles. The molecule has 6 heteroatoms. The van der Waals surface area contributed by atoms with Crippen LogP contribution in [0.3, 0.4) is 0 Å². The minimum absolute atomic E-state index is 0.0916. The Morgan fingerprint density at radius 1 is 0.266 bits per heavy atom. The molecule has 0 radical (unpaired) electrons. The van der Waals surface area contributed by atoms with E-state index in [4.69, 9.17) is 14.2 Å². The molecule has 0 rings (SSSR count). The third kappa shape index (κ3) is 64.3. The third-order valence-corrected chi connectivity index (χ3v) is 13.7. The van der Waals surface area contributed by atoms with Crippen LogP contribution in [0.25, 0.3) is 0 Å². The van der Waals surface area contributed by atoms with Crippen LogP contribution in [0, 0.1) is 0 Å². The second kappa shape index (κ2) is 66.1. The topological polar surface area (TPSA) is 78.9 Å². The number of esters is 3. The van der Waals surface area contributed by atoms with Crippen LogP contribution < -0.4 is 0 Å². The Balaban J connectivity index is 4.19. The summed E-state index contributed by atoms with van der Waals surface area (Å²) in [5.74, 6) is -0.924. The lowest BCUT2D eigenvalue weighted by molar-refractivity contribution is -0.167. The fraction of sp³-hybridized carbons (Fsp3) is 0.658. The molecule has 0 spiro atoms. The van der Waals surface area contributed by atoms with Crippen molar-refractivity contribution in [1.82, 2.24) is 0 Å². The van der Waals surface area contributed by atoms with E-state index in [9.17, 15) is 14.4 Å². The Hall–Kier alpha value is -4.45. The summed E-state index contributed by atoms with van der Waals surface area (Å²) in [6, 6.07) is 0. The Morgan fingerprint density at radius 2 is 0.494 bits per heavy atom. The van der Waals surface area contributed by atoms with Gasteiger partial charge in [0.1, 0.15) is 13.2 Å². The van der Waals surface area contributed by atoms with E-state index in [2.05, 4.69) is 154 Å². The molecule has 0 aliphatic heterocycles. The highest BCUT2D eigenvalue weighted by atomic mass is 16.6. The van der Waals surface area contributed by atoms with E-state index in [-0.39, 0.29) is 37.5 Å². The highest BCUT2D eigenvalue weighted by molar-refractivity contribution is 5.71. The molecule has 0 fully saturated rings. The van der Waals surface area contributed by atoms with E-state index in [0.29, 0.717) is 12.8 Å². The number of hydrogen-bond acceptors (Lipinski definition) is 6. The monoisotopic (exact) mass is 1090 g/mol. The zero-order valence-corrected chi connectivity index (χ0v) is 51.3. The van der Waals surface area contributed by atoms with Gasteiger partial charge in [-0.05, 0) is 116 Å². The van der Waals surface area contributed by atoms with Crippen molar-refractivity contribution in [1.29, 1.82) is 0 Å². The molecule has 0 heterocycles. The number of rotatable bonds is 58. The smallest absolute Gasteiger partial charge is 0.306 e. The van der Waals surface area contributed by atoms with Gasteiger partial charge in [0, 0.05) is 19.3 Å². The standard InChI is InChI=1S/C73H120O6/c1-4-7-10-13-16-19-21-23-25-27-29-30-31-32-33-34-35-36-37-38-39-40-41-42-44-45-47-49-51-54-57-60-63-66-72(75)78-69-70(68-77-71(74)65-62-59-56-53-18-15-12-9-6-3)79-73(76)67-64-61-58-55-52-50-48-46-43-28-26-24-22-20-17-14-11-8-5-2/h7-8,10-11,16-17,19-20,23-26,29-30,32-33,35-36,43,46,50,52,70H,4-6,9,12-15,18,21-22,27-28,31,34,37-42,44-45,47-49,51,53-69H2,1-3H3/b10-7-,11-8-,19-16-,20-17-,25-23-,26-24-,30-29-,33-32-,36-35-,46-43-,52-50-. The fourth-order valence-corrected chi connectivity index (χ4v) is 8.83. The quantitative estimate of drug-likeness (QED) is 0.0261. The molecule has 0 amide bonds. The van der Waals surface area contributed by atoms with E-state index in [1.54, 1.807) is 0 Å². The summed E-state index contributed by atoms with van der Waals surface area (Å²) >= 11 is 0. The summed E-state index contributed by atoms with van der Waals surface area (Å²) in [6.07, 6.45) is 93.4. The highest BCUT2D eigenvalue weighted by Gasteiger charge is 2.19. The van der Waals surface area contributed by atoms with Crippen molar-refractivity contribution < 1.29 is 28.6 Å². The molecular weight excluding hydrogens is 973 g/mol. The second-order valence-electron chi connectivity index (χ2n) is 21.3. The molecule has 0 saturated carbocycles. The van der Waals surface area contributed by atoms with Crippen LogP contribution >= 0.6 is 0 Å². The summed E-state index contributed by atoms with van der Waals surface area (Å²) in [7, 11) is 0. The molecule has 1 unspecified atom stereocenters. The first-order valence-electron chi connectivity index (χ1n) is 32.7. The van der Waals surface area contributed by atoms with Crippen LogP contribution in [0.1, 0.15) is 290 Å². The molecular formula is C73H120O6. The molecule has 0 N–H and O–H groups in total. The molecule has 0 aromatic rings. The Labute approximate surface area is 487 Å². The van der Waals surface area contributed by atoms with Crippen molar-refractivity contribution in [2.75, 3.05) is 13.2 Å². The lowest BCUT2D eigenvalue weighted by atomic mass is 10.0. The van der Waals surface area contributed by atoms with Gasteiger partial charge in [-0.15, -0.1) is 0 Å². The number of carbonyl (C=O) groups is 3. The summed E-state index contributed by atoms with van der Waals surface area (Å²) in [5, 5.41) is 0. The first-order chi connectivity index (χ1) is 39.0. The summed E-state index contributed by atoms with van der Waals surface area (Å²) < 4.78 is 16.8. The Bertz CT molecular complexity index is 1680. The van der Waals surface area contributed by atoms with Crippen molar-refractivity contribution in [3.63, 3.8) is 0 Å². The zero-order chi connectivity index (χ0) is 57.1. The molecule has 448 valence electrons. The minimum Gasteiger partial charge on any atom is -0.462 e. The van der Waals surface area contributed by atoms with Crippen molar-refractivity contribution in [2.45, 2.75) is 297 Å². The summed E-state index contributed by atoms with van der Waals surface area (Å²) in [5.41, 5.74) is 0. The maximum Gasteiger partial charge on any atom is 0.306 e. The van der Waals surface area contributed by atoms with E-state index in [1.165, 1.54) is 116 Å². The maximum absolute atomic E-state index is 12.9. The third-order valence-electron chi connectivity index (χ3n) is 13.7. The van der Waals surface area contributed by atoms with Gasteiger partial charge < -0.3 is 14.2 Å². The van der Waals surface area contributed by atoms with E-state index < -0.39 is 6.10 Å². The van der Waals surface area contributed by atoms with Crippen LogP contribution in [-0.2, 0) is 28.6 Å². The molecule has 0 aliphatic rings. The minimum atomic E-state index is -0.797. The molecule has 1 atom stereocenters. The second-order valence-corrected chi connectivity index (χ2v) is 21.3. The van der Waals surface area contributed by atoms with E-state index in [1.807, 2.05) is 0 Å². The normalized spacial score (nSPS) is 13.0. The first-order valence-corrected chi connectivity index (χ1v) is 32.7. The predicted octanol–water partition coefficient (Wildman–Crippen LogP) is 22.5. The zero-order valence-electron chi connectivity index (χ0n) is 51.3. The van der Waals surface area contributed by atoms with Crippen molar-refractivity contribution in [3.05, 3.63) is 134 Å². The number of hydrogen-bond donors (Lipinski definition) is 0. The number of unbranched alkanes of at least 4 members (excludes halogenated alkanes) is 25. The molecule has 0 bridgehead atoms. The van der Waals surface area contributed by atoms with Crippen LogP contribution in [0.2, 0.25) is 0 Å². The summed E-state index contributed by atoms with van der Waals surface area (Å²) in [4.78, 5) is 38.2. The van der Waals surface area contributed by atoms with Gasteiger partial charge in [-0.1, -0.05) is 289 Å². The van der Waals surface area contributed by atoms with Crippen molar-refractivity contribution in [2.24, 2.45) is 0 Å². The predicted molar refractivity (Wildman–Crippen MR) is 343 cm³/mol. The van der Waals surface area contributed by atoms with Gasteiger partial charge in [0.15, 0.2) is 6.10 Å². The van der Waals surface area contributed by atoms with E-state index >= 15 is 0 Å². The maximum atomic E-state index is 12.9. The lowest BCUT2D eigenvalue weighted by Gasteiger charge is -2.18. The van der Waals surface area contributed by atoms with Crippen molar-refractivity contribution >= 4 is 17.9 Å². The van der Waals surface area contributed by atoms with Gasteiger partial charge >= 0.3 is 17.9 Å². The largest absolute Gasteiger partial charge is 0.462 e. The fourth-order valence-electron chi connectivity index (χ4n) is 8.83. The lowest BCUT2D eigenvalue weighted by Crippen LogP contribution is -2.30. The highest BCUT2D eigenvalue weighted by Crippen LogP contribution is 2.16. The van der Waals surface area contributed by atoms with Gasteiger partial charge in [-0.3, -0.25) is 14.4 Å². The number of allylic oxidation sites excluding steroid dienone is 22. The summed E-state index contributed by atoms with van der Waals surface area (Å²) in [6.45, 7) is 6.37. The van der Waals surface area contributed by atoms with Crippen LogP contribution in [0.15, 0.2) is 134 Å². The molecule has 79 heavy (non-hydrogen) atoms. The molecule has 0 aromatic heterocycles. The number of carbonyl (C=O) groups excluding carboxylic acids is 3. The van der Waals surface area contributed by atoms with E-state index in [0.717, 1.165) is 135 Å². The molecule has 0 saturated heterocycles. The Morgan fingerprint density at radius 3 is 0.785 bits per heavy atom. The Kier molecular flexibility index (Phi) is 62.3. The van der Waals surface area contributed by atoms with Gasteiger partial charge in [0.05, 0.1) is 0 Å². The van der Waals surface area contributed by atoms with Crippen LogP contribution in [0.5, 0.6) is 0 Å². The number of ether oxygens (including phenoxy) is 3.